The standard InChI is InChI=1S/C15H21N3/c1-2-18-14-9-4-3-8-13(14)17-15(18)11-6-5-7-12(16)10-11/h3-4,8-9,11-12H,2,5-7,10,16H2,1H3. The first-order valence-corrected chi connectivity index (χ1v) is 7.00. The molecule has 0 saturated heterocycles. The molecule has 2 N–H and O–H groups in total. The summed E-state index contributed by atoms with van der Waals surface area (Å²) in [5, 5.41) is 0. The zero-order valence-corrected chi connectivity index (χ0v) is 11.0. The highest BCUT2D eigenvalue weighted by Crippen LogP contribution is 2.33. The lowest BCUT2D eigenvalue weighted by atomic mass is 9.85. The Morgan fingerprint density at radius 1 is 1.33 bits per heavy atom. The van der Waals surface area contributed by atoms with Gasteiger partial charge >= 0.3 is 0 Å². The first-order valence-electron chi connectivity index (χ1n) is 7.00. The van der Waals surface area contributed by atoms with Gasteiger partial charge in [-0.1, -0.05) is 18.6 Å². The van der Waals surface area contributed by atoms with E-state index in [9.17, 15) is 0 Å². The van der Waals surface area contributed by atoms with Gasteiger partial charge in [0.1, 0.15) is 5.82 Å². The molecule has 1 aromatic carbocycles. The van der Waals surface area contributed by atoms with Crippen LogP contribution in [-0.2, 0) is 6.54 Å². The molecule has 1 aliphatic carbocycles. The number of aryl methyl sites for hydroxylation is 1. The zero-order chi connectivity index (χ0) is 12.5. The molecule has 18 heavy (non-hydrogen) atoms. The second kappa shape index (κ2) is 4.73. The summed E-state index contributed by atoms with van der Waals surface area (Å²) in [7, 11) is 0. The number of rotatable bonds is 2. The van der Waals surface area contributed by atoms with Gasteiger partial charge in [0.25, 0.3) is 0 Å². The van der Waals surface area contributed by atoms with E-state index in [1.807, 2.05) is 0 Å². The van der Waals surface area contributed by atoms with Crippen molar-refractivity contribution in [2.24, 2.45) is 5.73 Å². The van der Waals surface area contributed by atoms with Crippen molar-refractivity contribution in [3.8, 4) is 0 Å². The van der Waals surface area contributed by atoms with Crippen LogP contribution in [0.5, 0.6) is 0 Å². The van der Waals surface area contributed by atoms with Crippen LogP contribution < -0.4 is 5.73 Å². The average Bonchev–Trinajstić information content (AvgIpc) is 2.77. The van der Waals surface area contributed by atoms with Crippen LogP contribution in [0.4, 0.5) is 0 Å². The molecule has 1 saturated carbocycles. The van der Waals surface area contributed by atoms with Gasteiger partial charge in [-0.15, -0.1) is 0 Å². The summed E-state index contributed by atoms with van der Waals surface area (Å²) >= 11 is 0. The fourth-order valence-corrected chi connectivity index (χ4v) is 3.20. The fraction of sp³-hybridized carbons (Fsp3) is 0.533. The second-order valence-corrected chi connectivity index (χ2v) is 5.33. The van der Waals surface area contributed by atoms with Crippen molar-refractivity contribution in [3.05, 3.63) is 30.1 Å². The van der Waals surface area contributed by atoms with Crippen molar-refractivity contribution in [1.82, 2.24) is 9.55 Å². The third-order valence-electron chi connectivity index (χ3n) is 4.08. The molecule has 2 unspecified atom stereocenters. The number of fused-ring (bicyclic) bond motifs is 1. The van der Waals surface area contributed by atoms with Crippen molar-refractivity contribution in [1.29, 1.82) is 0 Å². The van der Waals surface area contributed by atoms with E-state index in [4.69, 9.17) is 10.7 Å². The van der Waals surface area contributed by atoms with Gasteiger partial charge in [0.2, 0.25) is 0 Å². The van der Waals surface area contributed by atoms with Crippen molar-refractivity contribution >= 4 is 11.0 Å². The number of hydrogen-bond donors (Lipinski definition) is 1. The predicted molar refractivity (Wildman–Crippen MR) is 74.6 cm³/mol. The predicted octanol–water partition coefficient (Wildman–Crippen LogP) is 3.04. The van der Waals surface area contributed by atoms with E-state index in [1.165, 1.54) is 30.6 Å². The van der Waals surface area contributed by atoms with Crippen LogP contribution in [0.25, 0.3) is 11.0 Å². The van der Waals surface area contributed by atoms with E-state index in [2.05, 4.69) is 35.8 Å². The number of imidazole rings is 1. The Labute approximate surface area is 108 Å². The van der Waals surface area contributed by atoms with Crippen LogP contribution >= 0.6 is 0 Å². The second-order valence-electron chi connectivity index (χ2n) is 5.33. The minimum absolute atomic E-state index is 0.355. The molecule has 1 aliphatic rings. The molecule has 96 valence electrons. The molecule has 1 heterocycles. The molecule has 2 aromatic rings. The van der Waals surface area contributed by atoms with Gasteiger partial charge in [0.05, 0.1) is 11.0 Å². The van der Waals surface area contributed by atoms with Gasteiger partial charge in [-0.3, -0.25) is 0 Å². The molecule has 3 heteroatoms. The van der Waals surface area contributed by atoms with Gasteiger partial charge in [0.15, 0.2) is 0 Å². The maximum Gasteiger partial charge on any atom is 0.113 e. The van der Waals surface area contributed by atoms with E-state index < -0.39 is 0 Å². The number of hydrogen-bond acceptors (Lipinski definition) is 2. The van der Waals surface area contributed by atoms with Crippen molar-refractivity contribution < 1.29 is 0 Å². The monoisotopic (exact) mass is 243 g/mol. The molecule has 0 spiro atoms. The first kappa shape index (κ1) is 11.7. The fourth-order valence-electron chi connectivity index (χ4n) is 3.20. The Morgan fingerprint density at radius 2 is 2.17 bits per heavy atom. The molecule has 0 aliphatic heterocycles. The molecular formula is C15H21N3. The summed E-state index contributed by atoms with van der Waals surface area (Å²) in [5.74, 6) is 1.79. The summed E-state index contributed by atoms with van der Waals surface area (Å²) in [5.41, 5.74) is 8.49. The number of benzene rings is 1. The van der Waals surface area contributed by atoms with E-state index in [0.717, 1.165) is 18.5 Å². The lowest BCUT2D eigenvalue weighted by molar-refractivity contribution is 0.375. The van der Waals surface area contributed by atoms with Crippen LogP contribution in [0.2, 0.25) is 0 Å². The smallest absolute Gasteiger partial charge is 0.113 e. The molecule has 2 atom stereocenters. The molecule has 0 amide bonds. The third kappa shape index (κ3) is 1.93. The maximum atomic E-state index is 6.11. The molecule has 0 radical (unpaired) electrons. The number of nitrogens with zero attached hydrogens (tertiary/aromatic N) is 2. The summed E-state index contributed by atoms with van der Waals surface area (Å²) in [6, 6.07) is 8.78. The number of aromatic nitrogens is 2. The first-order chi connectivity index (χ1) is 8.79. The minimum Gasteiger partial charge on any atom is -0.328 e. The minimum atomic E-state index is 0.355. The Kier molecular flexibility index (Phi) is 3.08. The third-order valence-corrected chi connectivity index (χ3v) is 4.08. The van der Waals surface area contributed by atoms with Crippen molar-refractivity contribution in [3.63, 3.8) is 0 Å². The summed E-state index contributed by atoms with van der Waals surface area (Å²) in [6.45, 7) is 3.18. The number of nitrogens with two attached hydrogens (primary N) is 1. The molecule has 0 bridgehead atoms. The highest BCUT2D eigenvalue weighted by molar-refractivity contribution is 5.76. The van der Waals surface area contributed by atoms with Crippen molar-refractivity contribution in [2.75, 3.05) is 0 Å². The SMILES string of the molecule is CCn1c(C2CCCC(N)C2)nc2ccccc21. The van der Waals surface area contributed by atoms with Crippen LogP contribution in [0.1, 0.15) is 44.3 Å². The molecule has 1 fully saturated rings. The van der Waals surface area contributed by atoms with Crippen LogP contribution in [0, 0.1) is 0 Å². The average molecular weight is 243 g/mol. The van der Waals surface area contributed by atoms with Gasteiger partial charge in [-0.05, 0) is 38.3 Å². The Hall–Kier alpha value is -1.35. The van der Waals surface area contributed by atoms with E-state index >= 15 is 0 Å². The maximum absolute atomic E-state index is 6.11. The summed E-state index contributed by atoms with van der Waals surface area (Å²) in [4.78, 5) is 4.85. The number of para-hydroxylation sites is 2. The largest absolute Gasteiger partial charge is 0.328 e. The highest BCUT2D eigenvalue weighted by Gasteiger charge is 2.25. The van der Waals surface area contributed by atoms with Crippen LogP contribution in [0.15, 0.2) is 24.3 Å². The van der Waals surface area contributed by atoms with Crippen LogP contribution in [0.3, 0.4) is 0 Å². The van der Waals surface area contributed by atoms with Gasteiger partial charge < -0.3 is 10.3 Å². The van der Waals surface area contributed by atoms with E-state index in [1.54, 1.807) is 0 Å². The summed E-state index contributed by atoms with van der Waals surface area (Å²) < 4.78 is 2.36. The lowest BCUT2D eigenvalue weighted by Gasteiger charge is -2.26. The normalized spacial score (nSPS) is 24.6. The van der Waals surface area contributed by atoms with Crippen LogP contribution in [-0.4, -0.2) is 15.6 Å². The van der Waals surface area contributed by atoms with Gasteiger partial charge in [0, 0.05) is 18.5 Å². The molecular weight excluding hydrogens is 222 g/mol. The van der Waals surface area contributed by atoms with Gasteiger partial charge in [-0.2, -0.15) is 0 Å². The lowest BCUT2D eigenvalue weighted by Crippen LogP contribution is -2.28. The van der Waals surface area contributed by atoms with Gasteiger partial charge in [-0.25, -0.2) is 4.98 Å². The highest BCUT2D eigenvalue weighted by atomic mass is 15.1. The molecule has 3 rings (SSSR count). The Balaban J connectivity index is 2.05. The Bertz CT molecular complexity index is 544. The molecule has 1 aromatic heterocycles. The van der Waals surface area contributed by atoms with Crippen molar-refractivity contribution in [2.45, 2.75) is 51.1 Å². The Morgan fingerprint density at radius 3 is 2.94 bits per heavy atom. The zero-order valence-electron chi connectivity index (χ0n) is 11.0. The van der Waals surface area contributed by atoms with E-state index in [-0.39, 0.29) is 0 Å². The quantitative estimate of drug-likeness (QED) is 0.881. The molecule has 3 nitrogen and oxygen atoms in total. The topological polar surface area (TPSA) is 43.8 Å². The summed E-state index contributed by atoms with van der Waals surface area (Å²) in [6.07, 6.45) is 4.72. The van der Waals surface area contributed by atoms with E-state index in [0.29, 0.717) is 12.0 Å².